The van der Waals surface area contributed by atoms with Crippen LogP contribution in [0.4, 0.5) is 0 Å². The Morgan fingerprint density at radius 1 is 1.19 bits per heavy atom. The molecule has 1 fully saturated rings. The molecule has 0 radical (unpaired) electrons. The zero-order valence-electron chi connectivity index (χ0n) is 12.3. The van der Waals surface area contributed by atoms with Crippen LogP contribution < -0.4 is 4.74 Å². The fraction of sp³-hybridized carbons (Fsp3) is 0.467. The first-order valence-corrected chi connectivity index (χ1v) is 7.76. The second kappa shape index (κ2) is 6.93. The fourth-order valence-electron chi connectivity index (χ4n) is 2.40. The zero-order valence-corrected chi connectivity index (χ0v) is 13.9. The molecule has 1 aromatic rings. The number of methoxy groups -OCH3 is 1. The fourth-order valence-corrected chi connectivity index (χ4v) is 2.76. The predicted molar refractivity (Wildman–Crippen MR) is 83.5 cm³/mol. The molecule has 0 spiro atoms. The van der Waals surface area contributed by atoms with E-state index in [0.717, 1.165) is 4.47 Å². The minimum Gasteiger partial charge on any atom is -0.496 e. The highest BCUT2D eigenvalue weighted by atomic mass is 79.9. The Hall–Kier alpha value is -1.56. The maximum Gasteiger partial charge on any atom is 0.257 e. The van der Waals surface area contributed by atoms with Gasteiger partial charge in [-0.2, -0.15) is 0 Å². The molecule has 0 bridgehead atoms. The second-order valence-corrected chi connectivity index (χ2v) is 5.79. The number of hydrogen-bond acceptors (Lipinski definition) is 3. The summed E-state index contributed by atoms with van der Waals surface area (Å²) >= 11 is 3.38. The maximum absolute atomic E-state index is 12.6. The lowest BCUT2D eigenvalue weighted by Gasteiger charge is -2.35. The lowest BCUT2D eigenvalue weighted by molar-refractivity contribution is -0.132. The van der Waals surface area contributed by atoms with Crippen LogP contribution in [-0.2, 0) is 4.79 Å². The number of carbonyl (C=O) groups excluding carboxylic acids is 2. The van der Waals surface area contributed by atoms with E-state index < -0.39 is 0 Å². The summed E-state index contributed by atoms with van der Waals surface area (Å²) in [5.41, 5.74) is 0.544. The van der Waals surface area contributed by atoms with Crippen molar-refractivity contribution >= 4 is 27.7 Å². The highest BCUT2D eigenvalue weighted by Crippen LogP contribution is 2.24. The van der Waals surface area contributed by atoms with E-state index in [-0.39, 0.29) is 11.8 Å². The van der Waals surface area contributed by atoms with Gasteiger partial charge in [0.2, 0.25) is 5.91 Å². The molecule has 0 unspecified atom stereocenters. The molecule has 1 aliphatic heterocycles. The number of halogens is 1. The van der Waals surface area contributed by atoms with Gasteiger partial charge in [0.1, 0.15) is 5.75 Å². The summed E-state index contributed by atoms with van der Waals surface area (Å²) in [4.78, 5) is 27.8. The summed E-state index contributed by atoms with van der Waals surface area (Å²) in [5, 5.41) is 0. The molecule has 21 heavy (non-hydrogen) atoms. The summed E-state index contributed by atoms with van der Waals surface area (Å²) in [6.45, 7) is 4.15. The molecule has 1 aromatic carbocycles. The third-order valence-electron chi connectivity index (χ3n) is 3.61. The highest BCUT2D eigenvalue weighted by molar-refractivity contribution is 9.10. The van der Waals surface area contributed by atoms with Crippen LogP contribution in [-0.4, -0.2) is 54.9 Å². The van der Waals surface area contributed by atoms with Crippen molar-refractivity contribution in [2.75, 3.05) is 33.3 Å². The van der Waals surface area contributed by atoms with E-state index >= 15 is 0 Å². The second-order valence-electron chi connectivity index (χ2n) is 4.87. The summed E-state index contributed by atoms with van der Waals surface area (Å²) in [7, 11) is 1.55. The number of amides is 2. The number of ether oxygens (including phenoxy) is 1. The molecule has 2 amide bonds. The lowest BCUT2D eigenvalue weighted by Crippen LogP contribution is -2.50. The number of hydrogen-bond donors (Lipinski definition) is 0. The molecule has 6 heteroatoms. The predicted octanol–water partition coefficient (Wildman–Crippen LogP) is 2.15. The van der Waals surface area contributed by atoms with Crippen LogP contribution in [0.3, 0.4) is 0 Å². The van der Waals surface area contributed by atoms with Gasteiger partial charge in [-0.15, -0.1) is 0 Å². The molecule has 1 saturated heterocycles. The molecule has 0 saturated carbocycles. The molecule has 5 nitrogen and oxygen atoms in total. The van der Waals surface area contributed by atoms with Gasteiger partial charge in [-0.3, -0.25) is 9.59 Å². The van der Waals surface area contributed by atoms with E-state index in [1.165, 1.54) is 0 Å². The average molecular weight is 355 g/mol. The van der Waals surface area contributed by atoms with Gasteiger partial charge in [-0.25, -0.2) is 0 Å². The van der Waals surface area contributed by atoms with E-state index in [1.54, 1.807) is 24.1 Å². The van der Waals surface area contributed by atoms with Crippen molar-refractivity contribution in [3.05, 3.63) is 28.2 Å². The molecule has 1 aliphatic rings. The molecule has 1 heterocycles. The summed E-state index contributed by atoms with van der Waals surface area (Å²) in [6.07, 6.45) is 0.507. The molecule has 0 N–H and O–H groups in total. The Labute approximate surface area is 133 Å². The topological polar surface area (TPSA) is 49.9 Å². The van der Waals surface area contributed by atoms with Crippen LogP contribution in [0.1, 0.15) is 23.7 Å². The Bertz CT molecular complexity index is 540. The smallest absolute Gasteiger partial charge is 0.257 e. The van der Waals surface area contributed by atoms with Crippen LogP contribution in [0, 0.1) is 0 Å². The van der Waals surface area contributed by atoms with Gasteiger partial charge in [-0.05, 0) is 18.2 Å². The van der Waals surface area contributed by atoms with Gasteiger partial charge in [0.15, 0.2) is 0 Å². The Morgan fingerprint density at radius 2 is 1.81 bits per heavy atom. The van der Waals surface area contributed by atoms with Gasteiger partial charge < -0.3 is 14.5 Å². The van der Waals surface area contributed by atoms with Crippen molar-refractivity contribution < 1.29 is 14.3 Å². The van der Waals surface area contributed by atoms with Crippen molar-refractivity contribution in [3.8, 4) is 5.75 Å². The van der Waals surface area contributed by atoms with Crippen LogP contribution >= 0.6 is 15.9 Å². The third kappa shape index (κ3) is 3.56. The van der Waals surface area contributed by atoms with Crippen LogP contribution in [0.5, 0.6) is 5.75 Å². The van der Waals surface area contributed by atoms with Crippen molar-refractivity contribution in [2.24, 2.45) is 0 Å². The minimum absolute atomic E-state index is 0.0586. The van der Waals surface area contributed by atoms with Crippen molar-refractivity contribution in [1.82, 2.24) is 9.80 Å². The number of carbonyl (C=O) groups is 2. The largest absolute Gasteiger partial charge is 0.496 e. The minimum atomic E-state index is -0.0586. The van der Waals surface area contributed by atoms with Crippen LogP contribution in [0.2, 0.25) is 0 Å². The quantitative estimate of drug-likeness (QED) is 0.835. The van der Waals surface area contributed by atoms with E-state index in [9.17, 15) is 9.59 Å². The Balaban J connectivity index is 2.09. The van der Waals surface area contributed by atoms with Gasteiger partial charge in [0.05, 0.1) is 12.7 Å². The first-order chi connectivity index (χ1) is 10.1. The molecular formula is C15H19BrN2O3. The average Bonchev–Trinajstić information content (AvgIpc) is 2.53. The molecule has 0 aromatic heterocycles. The molecular weight excluding hydrogens is 336 g/mol. The van der Waals surface area contributed by atoms with Gasteiger partial charge >= 0.3 is 0 Å². The first kappa shape index (κ1) is 15.8. The normalized spacial score (nSPS) is 15.0. The van der Waals surface area contributed by atoms with E-state index in [2.05, 4.69) is 15.9 Å². The summed E-state index contributed by atoms with van der Waals surface area (Å²) in [5.74, 6) is 0.647. The van der Waals surface area contributed by atoms with E-state index in [1.807, 2.05) is 17.9 Å². The number of rotatable bonds is 3. The Kier molecular flexibility index (Phi) is 5.22. The Morgan fingerprint density at radius 3 is 2.38 bits per heavy atom. The summed E-state index contributed by atoms with van der Waals surface area (Å²) < 4.78 is 6.10. The lowest BCUT2D eigenvalue weighted by atomic mass is 10.1. The molecule has 2 rings (SSSR count). The number of benzene rings is 1. The first-order valence-electron chi connectivity index (χ1n) is 6.97. The maximum atomic E-state index is 12.6. The molecule has 0 aliphatic carbocycles. The zero-order chi connectivity index (χ0) is 15.4. The highest BCUT2D eigenvalue weighted by Gasteiger charge is 2.25. The third-order valence-corrected chi connectivity index (χ3v) is 4.11. The van der Waals surface area contributed by atoms with Crippen molar-refractivity contribution in [2.45, 2.75) is 13.3 Å². The van der Waals surface area contributed by atoms with Gasteiger partial charge in [0, 0.05) is 37.1 Å². The van der Waals surface area contributed by atoms with E-state index in [0.29, 0.717) is 43.9 Å². The van der Waals surface area contributed by atoms with Crippen LogP contribution in [0.25, 0.3) is 0 Å². The van der Waals surface area contributed by atoms with Gasteiger partial charge in [-0.1, -0.05) is 22.9 Å². The molecule has 0 atom stereocenters. The number of piperazine rings is 1. The van der Waals surface area contributed by atoms with Crippen molar-refractivity contribution in [3.63, 3.8) is 0 Å². The van der Waals surface area contributed by atoms with Crippen LogP contribution in [0.15, 0.2) is 22.7 Å². The van der Waals surface area contributed by atoms with Crippen molar-refractivity contribution in [1.29, 1.82) is 0 Å². The number of nitrogens with zero attached hydrogens (tertiary/aromatic N) is 2. The summed E-state index contributed by atoms with van der Waals surface area (Å²) in [6, 6.07) is 5.38. The van der Waals surface area contributed by atoms with E-state index in [4.69, 9.17) is 4.74 Å². The standard InChI is InChI=1S/C15H19BrN2O3/c1-3-14(19)17-6-8-18(9-7-17)15(20)12-10-11(16)4-5-13(12)21-2/h4-5,10H,3,6-9H2,1-2H3. The molecule has 114 valence electrons. The monoisotopic (exact) mass is 354 g/mol. The SMILES string of the molecule is CCC(=O)N1CCN(C(=O)c2cc(Br)ccc2OC)CC1. The van der Waals surface area contributed by atoms with Gasteiger partial charge in [0.25, 0.3) is 5.91 Å².